The standard InChI is InChI=1S/C12H15Br/c1-3-10(2)9-12(13)11-7-5-4-6-8-11/h4-10H,3H2,1-2H3/b12-9-/t10-/m1/s1. The van der Waals surface area contributed by atoms with Crippen LogP contribution in [-0.2, 0) is 0 Å². The Morgan fingerprint density at radius 2 is 2.00 bits per heavy atom. The van der Waals surface area contributed by atoms with Crippen LogP contribution in [-0.4, -0.2) is 0 Å². The molecule has 0 aliphatic carbocycles. The summed E-state index contributed by atoms with van der Waals surface area (Å²) in [5.41, 5.74) is 1.25. The summed E-state index contributed by atoms with van der Waals surface area (Å²) in [4.78, 5) is 0. The van der Waals surface area contributed by atoms with Crippen LogP contribution >= 0.6 is 15.9 Å². The van der Waals surface area contributed by atoms with E-state index in [1.54, 1.807) is 0 Å². The van der Waals surface area contributed by atoms with Crippen LogP contribution in [0.15, 0.2) is 36.4 Å². The number of hydrogen-bond acceptors (Lipinski definition) is 0. The van der Waals surface area contributed by atoms with Crippen LogP contribution in [0.25, 0.3) is 4.48 Å². The molecule has 0 bridgehead atoms. The van der Waals surface area contributed by atoms with Gasteiger partial charge in [-0.2, -0.15) is 0 Å². The van der Waals surface area contributed by atoms with E-state index in [0.29, 0.717) is 5.92 Å². The summed E-state index contributed by atoms with van der Waals surface area (Å²) >= 11 is 3.59. The van der Waals surface area contributed by atoms with E-state index in [1.807, 2.05) is 6.07 Å². The fourth-order valence-electron chi connectivity index (χ4n) is 1.06. The van der Waals surface area contributed by atoms with Crippen molar-refractivity contribution in [2.24, 2.45) is 5.92 Å². The third-order valence-electron chi connectivity index (χ3n) is 2.12. The van der Waals surface area contributed by atoms with E-state index in [9.17, 15) is 0 Å². The Morgan fingerprint density at radius 3 is 2.54 bits per heavy atom. The lowest BCUT2D eigenvalue weighted by Gasteiger charge is -2.03. The van der Waals surface area contributed by atoms with Crippen molar-refractivity contribution in [2.45, 2.75) is 20.3 Å². The van der Waals surface area contributed by atoms with Crippen LogP contribution in [0.4, 0.5) is 0 Å². The highest BCUT2D eigenvalue weighted by Gasteiger charge is 1.98. The number of benzene rings is 1. The molecule has 0 saturated heterocycles. The Labute approximate surface area is 88.8 Å². The molecule has 0 heterocycles. The Morgan fingerprint density at radius 1 is 1.38 bits per heavy atom. The molecule has 0 saturated carbocycles. The molecule has 0 amide bonds. The third-order valence-corrected chi connectivity index (χ3v) is 2.85. The van der Waals surface area contributed by atoms with Gasteiger partial charge in [0.05, 0.1) is 0 Å². The molecule has 0 N–H and O–H groups in total. The molecule has 0 aliphatic rings. The molecule has 0 radical (unpaired) electrons. The van der Waals surface area contributed by atoms with Crippen molar-refractivity contribution < 1.29 is 0 Å². The lowest BCUT2D eigenvalue weighted by Crippen LogP contribution is -1.86. The molecular weight excluding hydrogens is 224 g/mol. The van der Waals surface area contributed by atoms with Crippen LogP contribution < -0.4 is 0 Å². The Bertz CT molecular complexity index is 274. The Kier molecular flexibility index (Phi) is 4.23. The van der Waals surface area contributed by atoms with E-state index in [4.69, 9.17) is 0 Å². The summed E-state index contributed by atoms with van der Waals surface area (Å²) in [6, 6.07) is 10.4. The number of hydrogen-bond donors (Lipinski definition) is 0. The molecule has 70 valence electrons. The minimum atomic E-state index is 0.634. The molecule has 1 aromatic carbocycles. The van der Waals surface area contributed by atoms with Gasteiger partial charge >= 0.3 is 0 Å². The molecule has 13 heavy (non-hydrogen) atoms. The normalized spacial score (nSPS) is 14.2. The molecule has 1 heteroatoms. The van der Waals surface area contributed by atoms with Crippen LogP contribution in [0.2, 0.25) is 0 Å². The van der Waals surface area contributed by atoms with Crippen LogP contribution in [0.1, 0.15) is 25.8 Å². The highest BCUT2D eigenvalue weighted by Crippen LogP contribution is 2.23. The molecule has 0 nitrogen and oxygen atoms in total. The second-order valence-electron chi connectivity index (χ2n) is 3.27. The fraction of sp³-hybridized carbons (Fsp3) is 0.333. The lowest BCUT2D eigenvalue weighted by atomic mass is 10.1. The molecule has 0 unspecified atom stereocenters. The van der Waals surface area contributed by atoms with Crippen molar-refractivity contribution in [3.63, 3.8) is 0 Å². The van der Waals surface area contributed by atoms with E-state index in [0.717, 1.165) is 0 Å². The second kappa shape index (κ2) is 5.23. The highest BCUT2D eigenvalue weighted by molar-refractivity contribution is 9.15. The highest BCUT2D eigenvalue weighted by atomic mass is 79.9. The van der Waals surface area contributed by atoms with E-state index in [-0.39, 0.29) is 0 Å². The average molecular weight is 239 g/mol. The maximum Gasteiger partial charge on any atom is 0.0210 e. The first-order valence-electron chi connectivity index (χ1n) is 4.66. The summed E-state index contributed by atoms with van der Waals surface area (Å²) in [5.74, 6) is 0.634. The molecule has 0 spiro atoms. The predicted octanol–water partition coefficient (Wildman–Crippen LogP) is 4.47. The third kappa shape index (κ3) is 3.35. The van der Waals surface area contributed by atoms with Gasteiger partial charge in [-0.15, -0.1) is 0 Å². The van der Waals surface area contributed by atoms with E-state index >= 15 is 0 Å². The smallest absolute Gasteiger partial charge is 0.0210 e. The molecule has 0 aromatic heterocycles. The van der Waals surface area contributed by atoms with E-state index in [1.165, 1.54) is 16.5 Å². The summed E-state index contributed by atoms with van der Waals surface area (Å²) in [5, 5.41) is 0. The van der Waals surface area contributed by atoms with Gasteiger partial charge in [0.15, 0.2) is 0 Å². The molecule has 1 atom stereocenters. The lowest BCUT2D eigenvalue weighted by molar-refractivity contribution is 0.701. The predicted molar refractivity (Wildman–Crippen MR) is 62.8 cm³/mol. The summed E-state index contributed by atoms with van der Waals surface area (Å²) in [6.45, 7) is 4.43. The minimum absolute atomic E-state index is 0.634. The van der Waals surface area contributed by atoms with Crippen molar-refractivity contribution in [2.75, 3.05) is 0 Å². The number of rotatable bonds is 3. The van der Waals surface area contributed by atoms with Crippen LogP contribution in [0.3, 0.4) is 0 Å². The summed E-state index contributed by atoms with van der Waals surface area (Å²) in [7, 11) is 0. The number of allylic oxidation sites excluding steroid dienone is 1. The fourth-order valence-corrected chi connectivity index (χ4v) is 1.78. The van der Waals surface area contributed by atoms with Gasteiger partial charge in [-0.1, -0.05) is 72.6 Å². The van der Waals surface area contributed by atoms with Gasteiger partial charge in [-0.25, -0.2) is 0 Å². The van der Waals surface area contributed by atoms with Crippen molar-refractivity contribution >= 4 is 20.4 Å². The van der Waals surface area contributed by atoms with Crippen molar-refractivity contribution in [3.05, 3.63) is 42.0 Å². The monoisotopic (exact) mass is 238 g/mol. The van der Waals surface area contributed by atoms with Gasteiger partial charge in [0.1, 0.15) is 0 Å². The minimum Gasteiger partial charge on any atom is -0.0668 e. The van der Waals surface area contributed by atoms with Crippen molar-refractivity contribution in [1.29, 1.82) is 0 Å². The summed E-state index contributed by atoms with van der Waals surface area (Å²) in [6.07, 6.45) is 3.44. The van der Waals surface area contributed by atoms with Crippen molar-refractivity contribution in [1.82, 2.24) is 0 Å². The topological polar surface area (TPSA) is 0 Å². The molecule has 0 aliphatic heterocycles. The Balaban J connectivity index is 2.79. The molecule has 1 aromatic rings. The quantitative estimate of drug-likeness (QED) is 0.730. The van der Waals surface area contributed by atoms with Crippen LogP contribution in [0.5, 0.6) is 0 Å². The largest absolute Gasteiger partial charge is 0.0668 e. The zero-order valence-electron chi connectivity index (χ0n) is 8.13. The zero-order valence-corrected chi connectivity index (χ0v) is 9.71. The van der Waals surface area contributed by atoms with Gasteiger partial charge in [-0.3, -0.25) is 0 Å². The van der Waals surface area contributed by atoms with Gasteiger partial charge in [0.2, 0.25) is 0 Å². The van der Waals surface area contributed by atoms with E-state index in [2.05, 4.69) is 60.1 Å². The SMILES string of the molecule is CC[C@@H](C)/C=C(\Br)c1ccccc1. The second-order valence-corrected chi connectivity index (χ2v) is 4.12. The van der Waals surface area contributed by atoms with Gasteiger partial charge in [-0.05, 0) is 11.5 Å². The van der Waals surface area contributed by atoms with E-state index < -0.39 is 0 Å². The first-order valence-corrected chi connectivity index (χ1v) is 5.46. The van der Waals surface area contributed by atoms with Gasteiger partial charge < -0.3 is 0 Å². The first kappa shape index (κ1) is 10.5. The molecule has 0 fully saturated rings. The molecular formula is C12H15Br. The van der Waals surface area contributed by atoms with Crippen molar-refractivity contribution in [3.8, 4) is 0 Å². The first-order chi connectivity index (χ1) is 6.24. The average Bonchev–Trinajstić information content (AvgIpc) is 2.19. The number of halogens is 1. The maximum absolute atomic E-state index is 3.59. The van der Waals surface area contributed by atoms with Crippen LogP contribution in [0, 0.1) is 5.92 Å². The zero-order chi connectivity index (χ0) is 9.68. The van der Waals surface area contributed by atoms with Gasteiger partial charge in [0.25, 0.3) is 0 Å². The van der Waals surface area contributed by atoms with Gasteiger partial charge in [0, 0.05) is 4.48 Å². The maximum atomic E-state index is 3.59. The molecule has 1 rings (SSSR count). The summed E-state index contributed by atoms with van der Waals surface area (Å²) < 4.78 is 1.20. The Hall–Kier alpha value is -0.560.